The lowest BCUT2D eigenvalue weighted by Gasteiger charge is -2.14. The maximum absolute atomic E-state index is 12.7. The van der Waals surface area contributed by atoms with E-state index in [0.29, 0.717) is 5.75 Å². The summed E-state index contributed by atoms with van der Waals surface area (Å²) in [6.45, 7) is 1.81. The van der Waals surface area contributed by atoms with E-state index in [4.69, 9.17) is 15.9 Å². The largest absolute Gasteiger partial charge is 0.456 e. The predicted octanol–water partition coefficient (Wildman–Crippen LogP) is 4.09. The van der Waals surface area contributed by atoms with Crippen LogP contribution < -0.4 is 10.5 Å². The van der Waals surface area contributed by atoms with Crippen molar-refractivity contribution < 1.29 is 17.9 Å². The zero-order valence-corrected chi connectivity index (χ0v) is 11.2. The van der Waals surface area contributed by atoms with E-state index in [-0.39, 0.29) is 11.3 Å². The summed E-state index contributed by atoms with van der Waals surface area (Å²) in [5.74, 6) is 0.134. The van der Waals surface area contributed by atoms with Gasteiger partial charge in [-0.3, -0.25) is 5.41 Å². The number of para-hydroxylation sites is 1. The number of hydrogen-bond acceptors (Lipinski definition) is 2. The Balaban J connectivity index is 2.45. The molecular formula is C15H13F3N2O. The van der Waals surface area contributed by atoms with Crippen LogP contribution in [0.3, 0.4) is 0 Å². The van der Waals surface area contributed by atoms with Crippen molar-refractivity contribution in [1.29, 1.82) is 5.41 Å². The fourth-order valence-electron chi connectivity index (χ4n) is 1.80. The third-order valence-corrected chi connectivity index (χ3v) is 2.91. The number of hydrogen-bond donors (Lipinski definition) is 2. The molecular weight excluding hydrogens is 281 g/mol. The van der Waals surface area contributed by atoms with Gasteiger partial charge < -0.3 is 10.5 Å². The third-order valence-electron chi connectivity index (χ3n) is 2.91. The number of halogens is 3. The van der Waals surface area contributed by atoms with Crippen molar-refractivity contribution >= 4 is 5.84 Å². The monoisotopic (exact) mass is 294 g/mol. The zero-order chi connectivity index (χ0) is 15.6. The summed E-state index contributed by atoms with van der Waals surface area (Å²) in [7, 11) is 0. The summed E-state index contributed by atoms with van der Waals surface area (Å²) in [4.78, 5) is 0. The lowest BCUT2D eigenvalue weighted by molar-refractivity contribution is -0.137. The van der Waals surface area contributed by atoms with Gasteiger partial charge in [0.2, 0.25) is 0 Å². The Hall–Kier alpha value is -2.50. The van der Waals surface area contributed by atoms with E-state index < -0.39 is 17.6 Å². The normalized spacial score (nSPS) is 11.2. The predicted molar refractivity (Wildman–Crippen MR) is 73.7 cm³/mol. The number of alkyl halides is 3. The molecule has 0 bridgehead atoms. The van der Waals surface area contributed by atoms with Crippen molar-refractivity contribution in [3.05, 3.63) is 59.2 Å². The molecule has 21 heavy (non-hydrogen) atoms. The van der Waals surface area contributed by atoms with Crippen LogP contribution in [0.5, 0.6) is 11.5 Å². The van der Waals surface area contributed by atoms with Crippen LogP contribution in [0.2, 0.25) is 0 Å². The van der Waals surface area contributed by atoms with Gasteiger partial charge in [-0.05, 0) is 36.8 Å². The summed E-state index contributed by atoms with van der Waals surface area (Å²) in [5.41, 5.74) is 5.22. The van der Waals surface area contributed by atoms with Crippen molar-refractivity contribution in [3.63, 3.8) is 0 Å². The first-order chi connectivity index (χ1) is 9.79. The second-order valence-corrected chi connectivity index (χ2v) is 4.49. The molecule has 0 radical (unpaired) electrons. The number of nitrogen functional groups attached to an aromatic ring is 1. The first kappa shape index (κ1) is 14.9. The Morgan fingerprint density at radius 3 is 2.33 bits per heavy atom. The Kier molecular flexibility index (Phi) is 3.88. The molecule has 6 heteroatoms. The number of benzene rings is 2. The molecule has 0 amide bonds. The van der Waals surface area contributed by atoms with Crippen molar-refractivity contribution in [2.75, 3.05) is 0 Å². The molecule has 3 nitrogen and oxygen atoms in total. The van der Waals surface area contributed by atoms with Gasteiger partial charge in [0, 0.05) is 0 Å². The van der Waals surface area contributed by atoms with Crippen LogP contribution in [-0.2, 0) is 6.18 Å². The van der Waals surface area contributed by atoms with Crippen LogP contribution in [0, 0.1) is 12.3 Å². The molecule has 2 aromatic rings. The minimum absolute atomic E-state index is 0.0897. The maximum atomic E-state index is 12.7. The molecule has 0 aliphatic rings. The molecule has 0 heterocycles. The van der Waals surface area contributed by atoms with E-state index in [9.17, 15) is 13.2 Å². The Bertz CT molecular complexity index is 681. The van der Waals surface area contributed by atoms with Gasteiger partial charge in [0.15, 0.2) is 0 Å². The Morgan fingerprint density at radius 2 is 1.76 bits per heavy atom. The molecule has 0 atom stereocenters. The van der Waals surface area contributed by atoms with E-state index >= 15 is 0 Å². The van der Waals surface area contributed by atoms with Crippen LogP contribution in [0.15, 0.2) is 42.5 Å². The van der Waals surface area contributed by atoms with Crippen LogP contribution in [0.1, 0.15) is 16.7 Å². The highest BCUT2D eigenvalue weighted by molar-refractivity contribution is 5.98. The zero-order valence-electron chi connectivity index (χ0n) is 11.2. The topological polar surface area (TPSA) is 59.1 Å². The van der Waals surface area contributed by atoms with Crippen molar-refractivity contribution in [1.82, 2.24) is 0 Å². The number of rotatable bonds is 3. The minimum Gasteiger partial charge on any atom is -0.456 e. The Morgan fingerprint density at radius 1 is 1.10 bits per heavy atom. The number of nitrogens with one attached hydrogen (secondary N) is 1. The molecule has 0 saturated carbocycles. The fraction of sp³-hybridized carbons (Fsp3) is 0.133. The fourth-order valence-corrected chi connectivity index (χ4v) is 1.80. The summed E-state index contributed by atoms with van der Waals surface area (Å²) < 4.78 is 43.7. The van der Waals surface area contributed by atoms with Gasteiger partial charge in [-0.2, -0.15) is 13.2 Å². The van der Waals surface area contributed by atoms with Crippen LogP contribution in [0.4, 0.5) is 13.2 Å². The average molecular weight is 294 g/mol. The van der Waals surface area contributed by atoms with E-state index in [2.05, 4.69) is 0 Å². The molecule has 0 aromatic heterocycles. The minimum atomic E-state index is -4.49. The highest BCUT2D eigenvalue weighted by atomic mass is 19.4. The molecule has 0 spiro atoms. The molecule has 0 unspecified atom stereocenters. The number of amidine groups is 1. The third kappa shape index (κ3) is 3.34. The van der Waals surface area contributed by atoms with E-state index in [0.717, 1.165) is 17.7 Å². The molecule has 110 valence electrons. The van der Waals surface area contributed by atoms with Gasteiger partial charge in [0.05, 0.1) is 11.1 Å². The van der Waals surface area contributed by atoms with Crippen LogP contribution >= 0.6 is 0 Å². The number of nitrogens with two attached hydrogens (primary N) is 1. The summed E-state index contributed by atoms with van der Waals surface area (Å²) in [6, 6.07) is 9.96. The molecule has 2 aromatic carbocycles. The summed E-state index contributed by atoms with van der Waals surface area (Å²) in [6.07, 6.45) is -4.49. The van der Waals surface area contributed by atoms with E-state index in [1.165, 1.54) is 6.07 Å². The van der Waals surface area contributed by atoms with E-state index in [1.54, 1.807) is 12.1 Å². The lowest BCUT2D eigenvalue weighted by Crippen LogP contribution is -2.15. The van der Waals surface area contributed by atoms with Gasteiger partial charge in [-0.1, -0.05) is 18.2 Å². The second kappa shape index (κ2) is 5.47. The molecule has 2 rings (SSSR count). The molecule has 0 aliphatic carbocycles. The Labute approximate surface area is 119 Å². The summed E-state index contributed by atoms with van der Waals surface area (Å²) >= 11 is 0. The molecule has 0 fully saturated rings. The molecule has 3 N–H and O–H groups in total. The lowest BCUT2D eigenvalue weighted by atomic mass is 10.1. The average Bonchev–Trinajstić information content (AvgIpc) is 2.40. The highest BCUT2D eigenvalue weighted by Crippen LogP contribution is 2.34. The SMILES string of the molecule is Cc1ccccc1Oc1ccc(C(F)(F)F)cc1C(=N)N. The van der Waals surface area contributed by atoms with Crippen LogP contribution in [-0.4, -0.2) is 5.84 Å². The first-order valence-corrected chi connectivity index (χ1v) is 6.08. The van der Waals surface area contributed by atoms with Crippen molar-refractivity contribution in [3.8, 4) is 11.5 Å². The molecule has 0 saturated heterocycles. The standard InChI is InChI=1S/C15H13F3N2O/c1-9-4-2-3-5-12(9)21-13-7-6-10(15(16,17)18)8-11(13)14(19)20/h2-8H,1H3,(H3,19,20). The first-order valence-electron chi connectivity index (χ1n) is 6.08. The van der Waals surface area contributed by atoms with Crippen molar-refractivity contribution in [2.45, 2.75) is 13.1 Å². The van der Waals surface area contributed by atoms with Crippen molar-refractivity contribution in [2.24, 2.45) is 5.73 Å². The maximum Gasteiger partial charge on any atom is 0.416 e. The van der Waals surface area contributed by atoms with Gasteiger partial charge >= 0.3 is 6.18 Å². The van der Waals surface area contributed by atoms with Gasteiger partial charge in [-0.25, -0.2) is 0 Å². The van der Waals surface area contributed by atoms with Crippen LogP contribution in [0.25, 0.3) is 0 Å². The number of ether oxygens (including phenoxy) is 1. The van der Waals surface area contributed by atoms with Gasteiger partial charge in [0.25, 0.3) is 0 Å². The second-order valence-electron chi connectivity index (χ2n) is 4.49. The number of aryl methyl sites for hydroxylation is 1. The summed E-state index contributed by atoms with van der Waals surface area (Å²) in [5, 5.41) is 7.43. The van der Waals surface area contributed by atoms with Gasteiger partial charge in [0.1, 0.15) is 17.3 Å². The van der Waals surface area contributed by atoms with Gasteiger partial charge in [-0.15, -0.1) is 0 Å². The smallest absolute Gasteiger partial charge is 0.416 e. The highest BCUT2D eigenvalue weighted by Gasteiger charge is 2.31. The molecule has 0 aliphatic heterocycles. The quantitative estimate of drug-likeness (QED) is 0.661. The van der Waals surface area contributed by atoms with E-state index in [1.807, 2.05) is 19.1 Å².